The topological polar surface area (TPSA) is 63.4 Å². The number of rotatable bonds is 7. The quantitative estimate of drug-likeness (QED) is 0.811. The van der Waals surface area contributed by atoms with Gasteiger partial charge in [-0.3, -0.25) is 9.59 Å². The molecule has 2 rings (SSSR count). The summed E-state index contributed by atoms with van der Waals surface area (Å²) in [6, 6.07) is 7.45. The Labute approximate surface area is 151 Å². The van der Waals surface area contributed by atoms with Crippen LogP contribution in [0.3, 0.4) is 0 Å². The zero-order valence-electron chi connectivity index (χ0n) is 14.9. The number of hydrogen-bond donors (Lipinski definition) is 1. The van der Waals surface area contributed by atoms with Crippen molar-refractivity contribution in [3.05, 3.63) is 59.2 Å². The highest BCUT2D eigenvalue weighted by Crippen LogP contribution is 2.30. The van der Waals surface area contributed by atoms with Crippen LogP contribution in [-0.2, 0) is 0 Å². The Bertz CT molecular complexity index is 795. The van der Waals surface area contributed by atoms with Gasteiger partial charge in [0.15, 0.2) is 0 Å². The van der Waals surface area contributed by atoms with Gasteiger partial charge in [0.1, 0.15) is 11.6 Å². The van der Waals surface area contributed by atoms with Gasteiger partial charge in [0.25, 0.3) is 5.91 Å². The first-order valence-corrected chi connectivity index (χ1v) is 8.57. The summed E-state index contributed by atoms with van der Waals surface area (Å²) in [6.45, 7) is 5.01. The summed E-state index contributed by atoms with van der Waals surface area (Å²) in [7, 11) is 0. The van der Waals surface area contributed by atoms with Crippen LogP contribution in [0.4, 0.5) is 8.78 Å². The molecule has 0 heterocycles. The van der Waals surface area contributed by atoms with E-state index in [0.29, 0.717) is 13.1 Å². The molecule has 0 saturated carbocycles. The van der Waals surface area contributed by atoms with Crippen molar-refractivity contribution >= 4 is 11.8 Å². The molecule has 0 radical (unpaired) electrons. The zero-order chi connectivity index (χ0) is 19.3. The molecule has 0 saturated heterocycles. The summed E-state index contributed by atoms with van der Waals surface area (Å²) >= 11 is 0. The van der Waals surface area contributed by atoms with Gasteiger partial charge in [0, 0.05) is 35.8 Å². The van der Waals surface area contributed by atoms with Crippen molar-refractivity contribution in [1.82, 2.24) is 4.90 Å². The van der Waals surface area contributed by atoms with Crippen LogP contribution in [0.5, 0.6) is 0 Å². The molecule has 0 aliphatic rings. The summed E-state index contributed by atoms with van der Waals surface area (Å²) < 4.78 is 27.5. The van der Waals surface area contributed by atoms with E-state index in [0.717, 1.165) is 31.0 Å². The highest BCUT2D eigenvalue weighted by molar-refractivity contribution is 6.08. The molecule has 0 atom stereocenters. The molecule has 0 aliphatic heterocycles. The predicted octanol–water partition coefficient (Wildman–Crippen LogP) is 3.99. The van der Waals surface area contributed by atoms with Crippen molar-refractivity contribution < 1.29 is 18.4 Å². The number of nitrogens with zero attached hydrogens (tertiary/aromatic N) is 1. The maximum atomic E-state index is 13.7. The number of nitrogens with two attached hydrogens (primary N) is 1. The standard InChI is InChI=1S/C20H22F2N2O2/c1-3-8-24(9-4-2)20(26)17-7-5-6-16(19(23)25)18(17)13-10-14(21)12-15(22)11-13/h5-7,10-12H,3-4,8-9H2,1-2H3,(H2,23,25). The number of carbonyl (C=O) groups excluding carboxylic acids is 2. The minimum absolute atomic E-state index is 0.0498. The van der Waals surface area contributed by atoms with E-state index in [1.807, 2.05) is 13.8 Å². The second-order valence-corrected chi connectivity index (χ2v) is 6.04. The molecule has 2 amide bonds. The molecule has 0 aliphatic carbocycles. The normalized spacial score (nSPS) is 10.6. The number of benzene rings is 2. The van der Waals surface area contributed by atoms with Crippen LogP contribution in [-0.4, -0.2) is 29.8 Å². The number of amides is 2. The first-order chi connectivity index (χ1) is 12.4. The molecule has 2 N–H and O–H groups in total. The van der Waals surface area contributed by atoms with E-state index in [-0.39, 0.29) is 28.2 Å². The highest BCUT2D eigenvalue weighted by atomic mass is 19.1. The molecule has 0 bridgehead atoms. The Hall–Kier alpha value is -2.76. The van der Waals surface area contributed by atoms with Crippen LogP contribution in [0.15, 0.2) is 36.4 Å². The fourth-order valence-corrected chi connectivity index (χ4v) is 2.97. The summed E-state index contributed by atoms with van der Waals surface area (Å²) in [5.41, 5.74) is 5.95. The van der Waals surface area contributed by atoms with Crippen molar-refractivity contribution in [2.24, 2.45) is 5.73 Å². The van der Waals surface area contributed by atoms with Crippen LogP contribution >= 0.6 is 0 Å². The van der Waals surface area contributed by atoms with Crippen molar-refractivity contribution in [2.45, 2.75) is 26.7 Å². The molecular formula is C20H22F2N2O2. The van der Waals surface area contributed by atoms with Crippen molar-refractivity contribution in [3.8, 4) is 11.1 Å². The van der Waals surface area contributed by atoms with E-state index in [2.05, 4.69) is 0 Å². The van der Waals surface area contributed by atoms with Gasteiger partial charge in [-0.2, -0.15) is 0 Å². The summed E-state index contributed by atoms with van der Waals surface area (Å²) in [5.74, 6) is -2.65. The fraction of sp³-hybridized carbons (Fsp3) is 0.300. The molecule has 2 aromatic carbocycles. The first-order valence-electron chi connectivity index (χ1n) is 8.57. The predicted molar refractivity (Wildman–Crippen MR) is 96.8 cm³/mol. The lowest BCUT2D eigenvalue weighted by Gasteiger charge is -2.23. The van der Waals surface area contributed by atoms with Gasteiger partial charge in [-0.25, -0.2) is 8.78 Å². The second kappa shape index (κ2) is 8.56. The van der Waals surface area contributed by atoms with Crippen LogP contribution in [0.25, 0.3) is 11.1 Å². The summed E-state index contributed by atoms with van der Waals surface area (Å²) in [4.78, 5) is 26.6. The van der Waals surface area contributed by atoms with Gasteiger partial charge in [-0.1, -0.05) is 19.9 Å². The Kier molecular flexibility index (Phi) is 6.44. The Morgan fingerprint density at radius 3 is 2.00 bits per heavy atom. The lowest BCUT2D eigenvalue weighted by Crippen LogP contribution is -2.33. The van der Waals surface area contributed by atoms with Crippen LogP contribution in [0.1, 0.15) is 47.4 Å². The van der Waals surface area contributed by atoms with E-state index >= 15 is 0 Å². The third-order valence-corrected chi connectivity index (χ3v) is 3.99. The van der Waals surface area contributed by atoms with Crippen molar-refractivity contribution in [1.29, 1.82) is 0 Å². The van der Waals surface area contributed by atoms with Gasteiger partial charge in [0.2, 0.25) is 5.91 Å². The third kappa shape index (κ3) is 4.25. The molecule has 2 aromatic rings. The van der Waals surface area contributed by atoms with Gasteiger partial charge in [-0.15, -0.1) is 0 Å². The molecule has 0 aromatic heterocycles. The number of primary amides is 1. The van der Waals surface area contributed by atoms with Gasteiger partial charge in [-0.05, 0) is 42.7 Å². The fourth-order valence-electron chi connectivity index (χ4n) is 2.97. The average Bonchev–Trinajstić information content (AvgIpc) is 2.59. The summed E-state index contributed by atoms with van der Waals surface area (Å²) in [6.07, 6.45) is 1.54. The van der Waals surface area contributed by atoms with Crippen LogP contribution < -0.4 is 5.73 Å². The molecule has 4 nitrogen and oxygen atoms in total. The largest absolute Gasteiger partial charge is 0.366 e. The monoisotopic (exact) mass is 360 g/mol. The highest BCUT2D eigenvalue weighted by Gasteiger charge is 2.23. The number of halogens is 2. The van der Waals surface area contributed by atoms with Gasteiger partial charge < -0.3 is 10.6 Å². The molecule has 6 heteroatoms. The molecular weight excluding hydrogens is 338 g/mol. The summed E-state index contributed by atoms with van der Waals surface area (Å²) in [5, 5.41) is 0. The average molecular weight is 360 g/mol. The lowest BCUT2D eigenvalue weighted by atomic mass is 9.93. The Morgan fingerprint density at radius 1 is 0.962 bits per heavy atom. The van der Waals surface area contributed by atoms with Crippen molar-refractivity contribution in [3.63, 3.8) is 0 Å². The molecule has 0 fully saturated rings. The Balaban J connectivity index is 2.68. The smallest absolute Gasteiger partial charge is 0.254 e. The minimum atomic E-state index is -0.795. The first kappa shape index (κ1) is 19.6. The number of hydrogen-bond acceptors (Lipinski definition) is 2. The maximum Gasteiger partial charge on any atom is 0.254 e. The third-order valence-electron chi connectivity index (χ3n) is 3.99. The van der Waals surface area contributed by atoms with E-state index in [1.54, 1.807) is 17.0 Å². The molecule has 138 valence electrons. The van der Waals surface area contributed by atoms with E-state index < -0.39 is 17.5 Å². The zero-order valence-corrected chi connectivity index (χ0v) is 14.9. The van der Waals surface area contributed by atoms with E-state index in [1.165, 1.54) is 6.07 Å². The van der Waals surface area contributed by atoms with Crippen LogP contribution in [0, 0.1) is 11.6 Å². The van der Waals surface area contributed by atoms with Crippen LogP contribution in [0.2, 0.25) is 0 Å². The van der Waals surface area contributed by atoms with Gasteiger partial charge >= 0.3 is 0 Å². The SMILES string of the molecule is CCCN(CCC)C(=O)c1cccc(C(N)=O)c1-c1cc(F)cc(F)c1. The van der Waals surface area contributed by atoms with Gasteiger partial charge in [0.05, 0.1) is 0 Å². The second-order valence-electron chi connectivity index (χ2n) is 6.04. The minimum Gasteiger partial charge on any atom is -0.366 e. The molecule has 26 heavy (non-hydrogen) atoms. The van der Waals surface area contributed by atoms with E-state index in [4.69, 9.17) is 5.73 Å². The van der Waals surface area contributed by atoms with E-state index in [9.17, 15) is 18.4 Å². The maximum absolute atomic E-state index is 13.7. The molecule has 0 unspecified atom stereocenters. The number of carbonyl (C=O) groups is 2. The Morgan fingerprint density at radius 2 is 1.50 bits per heavy atom. The molecule has 0 spiro atoms. The van der Waals surface area contributed by atoms with Crippen molar-refractivity contribution in [2.75, 3.05) is 13.1 Å². The lowest BCUT2D eigenvalue weighted by molar-refractivity contribution is 0.0756.